The zero-order valence-corrected chi connectivity index (χ0v) is 18.0. The van der Waals surface area contributed by atoms with Crippen molar-refractivity contribution in [2.45, 2.75) is 26.7 Å². The molecule has 1 aliphatic rings. The largest absolute Gasteiger partial charge is 0.494 e. The van der Waals surface area contributed by atoms with Crippen LogP contribution in [-0.4, -0.2) is 60.4 Å². The van der Waals surface area contributed by atoms with Crippen LogP contribution in [0.3, 0.4) is 0 Å². The Labute approximate surface area is 182 Å². The average Bonchev–Trinajstić information content (AvgIpc) is 3.01. The number of rotatable bonds is 6. The van der Waals surface area contributed by atoms with E-state index in [0.29, 0.717) is 56.9 Å². The van der Waals surface area contributed by atoms with Crippen molar-refractivity contribution in [3.63, 3.8) is 0 Å². The highest BCUT2D eigenvalue weighted by atomic mass is 16.5. The molecule has 164 valence electrons. The first-order valence-electron chi connectivity index (χ1n) is 10.5. The van der Waals surface area contributed by atoms with Crippen LogP contribution in [-0.2, 0) is 16.0 Å². The minimum absolute atomic E-state index is 0.0512. The van der Waals surface area contributed by atoms with Gasteiger partial charge in [-0.1, -0.05) is 18.2 Å². The van der Waals surface area contributed by atoms with Crippen LogP contribution < -0.4 is 9.47 Å². The van der Waals surface area contributed by atoms with Gasteiger partial charge in [0.15, 0.2) is 0 Å². The third-order valence-electron chi connectivity index (χ3n) is 5.07. The van der Waals surface area contributed by atoms with Crippen LogP contribution in [0, 0.1) is 0 Å². The van der Waals surface area contributed by atoms with E-state index in [1.54, 1.807) is 29.2 Å². The zero-order chi connectivity index (χ0) is 22.2. The first-order valence-corrected chi connectivity index (χ1v) is 10.5. The Balaban J connectivity index is 1.57. The summed E-state index contributed by atoms with van der Waals surface area (Å²) in [6, 6.07) is 14.2. The highest BCUT2D eigenvalue weighted by Gasteiger charge is 2.23. The molecule has 2 aromatic carbocycles. The van der Waals surface area contributed by atoms with Gasteiger partial charge >= 0.3 is 5.97 Å². The van der Waals surface area contributed by atoms with Crippen LogP contribution in [0.25, 0.3) is 0 Å². The molecule has 0 atom stereocenters. The summed E-state index contributed by atoms with van der Waals surface area (Å²) in [6.45, 7) is 6.01. The molecule has 0 radical (unpaired) electrons. The van der Waals surface area contributed by atoms with Crippen LogP contribution in [0.1, 0.15) is 36.2 Å². The zero-order valence-electron chi connectivity index (χ0n) is 18.0. The second-order valence-corrected chi connectivity index (χ2v) is 7.40. The molecule has 1 saturated heterocycles. The number of esters is 1. The fourth-order valence-corrected chi connectivity index (χ4v) is 3.57. The van der Waals surface area contributed by atoms with Gasteiger partial charge < -0.3 is 19.3 Å². The monoisotopic (exact) mass is 424 g/mol. The maximum Gasteiger partial charge on any atom is 0.308 e. The predicted octanol–water partition coefficient (Wildman–Crippen LogP) is 2.93. The molecular weight excluding hydrogens is 396 g/mol. The van der Waals surface area contributed by atoms with Crippen molar-refractivity contribution in [2.75, 3.05) is 32.8 Å². The molecule has 2 aromatic rings. The van der Waals surface area contributed by atoms with Gasteiger partial charge in [0.2, 0.25) is 5.91 Å². The Morgan fingerprint density at radius 3 is 2.32 bits per heavy atom. The van der Waals surface area contributed by atoms with Crippen molar-refractivity contribution in [3.05, 3.63) is 59.7 Å². The third kappa shape index (κ3) is 6.31. The lowest BCUT2D eigenvalue weighted by atomic mass is 10.1. The lowest BCUT2D eigenvalue weighted by Crippen LogP contribution is -2.38. The van der Waals surface area contributed by atoms with E-state index in [4.69, 9.17) is 9.47 Å². The molecule has 0 spiro atoms. The summed E-state index contributed by atoms with van der Waals surface area (Å²) in [6.07, 6.45) is 1.04. The maximum atomic E-state index is 12.9. The molecular formula is C24H28N2O5. The van der Waals surface area contributed by atoms with E-state index in [0.717, 1.165) is 11.3 Å². The first-order chi connectivity index (χ1) is 15.0. The molecule has 1 aliphatic heterocycles. The lowest BCUT2D eigenvalue weighted by Gasteiger charge is -2.22. The van der Waals surface area contributed by atoms with Crippen LogP contribution >= 0.6 is 0 Å². The van der Waals surface area contributed by atoms with Crippen LogP contribution in [0.15, 0.2) is 48.5 Å². The quantitative estimate of drug-likeness (QED) is 0.526. The van der Waals surface area contributed by atoms with Crippen molar-refractivity contribution in [3.8, 4) is 11.5 Å². The van der Waals surface area contributed by atoms with Gasteiger partial charge in [0, 0.05) is 38.7 Å². The Morgan fingerprint density at radius 1 is 0.903 bits per heavy atom. The van der Waals surface area contributed by atoms with Crippen LogP contribution in [0.2, 0.25) is 0 Å². The maximum absolute atomic E-state index is 12.9. The standard InChI is InChI=1S/C24H28N2O5/c1-3-30-21-10-8-19(9-11-21)16-23(28)25-12-5-13-26(15-14-25)24(29)20-6-4-7-22(17-20)31-18(2)27/h4,6-11,17H,3,5,12-16H2,1-2H3. The molecule has 7 nitrogen and oxygen atoms in total. The van der Waals surface area contributed by atoms with E-state index in [1.165, 1.54) is 6.92 Å². The minimum Gasteiger partial charge on any atom is -0.494 e. The number of benzene rings is 2. The average molecular weight is 424 g/mol. The smallest absolute Gasteiger partial charge is 0.308 e. The number of hydrogen-bond acceptors (Lipinski definition) is 5. The fourth-order valence-electron chi connectivity index (χ4n) is 3.57. The fraction of sp³-hybridized carbons (Fsp3) is 0.375. The van der Waals surface area contributed by atoms with E-state index in [2.05, 4.69) is 0 Å². The molecule has 0 bridgehead atoms. The molecule has 1 heterocycles. The van der Waals surface area contributed by atoms with Gasteiger partial charge in [-0.05, 0) is 49.2 Å². The third-order valence-corrected chi connectivity index (χ3v) is 5.07. The highest BCUT2D eigenvalue weighted by Crippen LogP contribution is 2.17. The topological polar surface area (TPSA) is 76.2 Å². The molecule has 0 aliphatic carbocycles. The summed E-state index contributed by atoms with van der Waals surface area (Å²) in [5.41, 5.74) is 1.40. The van der Waals surface area contributed by atoms with Crippen molar-refractivity contribution < 1.29 is 23.9 Å². The molecule has 3 rings (SSSR count). The summed E-state index contributed by atoms with van der Waals surface area (Å²) >= 11 is 0. The van der Waals surface area contributed by atoms with Gasteiger partial charge in [-0.2, -0.15) is 0 Å². The van der Waals surface area contributed by atoms with Crippen molar-refractivity contribution in [1.29, 1.82) is 0 Å². The van der Waals surface area contributed by atoms with Crippen LogP contribution in [0.4, 0.5) is 0 Å². The summed E-state index contributed by atoms with van der Waals surface area (Å²) in [5, 5.41) is 0. The molecule has 0 aromatic heterocycles. The number of carbonyl (C=O) groups excluding carboxylic acids is 3. The van der Waals surface area contributed by atoms with Crippen LogP contribution in [0.5, 0.6) is 11.5 Å². The molecule has 0 N–H and O–H groups in total. The van der Waals surface area contributed by atoms with E-state index < -0.39 is 5.97 Å². The second-order valence-electron chi connectivity index (χ2n) is 7.40. The van der Waals surface area contributed by atoms with E-state index in [9.17, 15) is 14.4 Å². The van der Waals surface area contributed by atoms with Gasteiger partial charge in [-0.3, -0.25) is 14.4 Å². The Hall–Kier alpha value is -3.35. The summed E-state index contributed by atoms with van der Waals surface area (Å²) in [5.74, 6) is 0.631. The highest BCUT2D eigenvalue weighted by molar-refractivity contribution is 5.94. The SMILES string of the molecule is CCOc1ccc(CC(=O)N2CCCN(C(=O)c3cccc(OC(C)=O)c3)CC2)cc1. The number of amides is 2. The van der Waals surface area contributed by atoms with Gasteiger partial charge in [-0.15, -0.1) is 0 Å². The Bertz CT molecular complexity index is 926. The van der Waals surface area contributed by atoms with Crippen molar-refractivity contribution in [1.82, 2.24) is 9.80 Å². The van der Waals surface area contributed by atoms with Gasteiger partial charge in [0.1, 0.15) is 11.5 Å². The summed E-state index contributed by atoms with van der Waals surface area (Å²) < 4.78 is 10.5. The molecule has 31 heavy (non-hydrogen) atoms. The Kier molecular flexibility index (Phi) is 7.65. The van der Waals surface area contributed by atoms with Gasteiger partial charge in [0.25, 0.3) is 5.91 Å². The summed E-state index contributed by atoms with van der Waals surface area (Å²) in [4.78, 5) is 40.4. The molecule has 0 unspecified atom stereocenters. The normalized spacial score (nSPS) is 14.0. The van der Waals surface area contributed by atoms with Crippen molar-refractivity contribution in [2.24, 2.45) is 0 Å². The first kappa shape index (κ1) is 22.3. The molecule has 2 amide bonds. The Morgan fingerprint density at radius 2 is 1.61 bits per heavy atom. The minimum atomic E-state index is -0.430. The number of nitrogens with zero attached hydrogens (tertiary/aromatic N) is 2. The predicted molar refractivity (Wildman–Crippen MR) is 116 cm³/mol. The molecule has 0 saturated carbocycles. The van der Waals surface area contributed by atoms with E-state index >= 15 is 0 Å². The number of carbonyl (C=O) groups is 3. The molecule has 1 fully saturated rings. The van der Waals surface area contributed by atoms with Gasteiger partial charge in [-0.25, -0.2) is 0 Å². The number of ether oxygens (including phenoxy) is 2. The summed E-state index contributed by atoms with van der Waals surface area (Å²) in [7, 11) is 0. The lowest BCUT2D eigenvalue weighted by molar-refractivity contribution is -0.132. The van der Waals surface area contributed by atoms with E-state index in [1.807, 2.05) is 36.1 Å². The van der Waals surface area contributed by atoms with Crippen molar-refractivity contribution >= 4 is 17.8 Å². The second kappa shape index (κ2) is 10.6. The van der Waals surface area contributed by atoms with Gasteiger partial charge in [0.05, 0.1) is 13.0 Å². The number of hydrogen-bond donors (Lipinski definition) is 0. The van der Waals surface area contributed by atoms with E-state index in [-0.39, 0.29) is 11.8 Å². The molecule has 7 heteroatoms.